The van der Waals surface area contributed by atoms with Crippen molar-refractivity contribution in [1.29, 1.82) is 0 Å². The normalized spacial score (nSPS) is 26.1. The van der Waals surface area contributed by atoms with Gasteiger partial charge in [0.1, 0.15) is 0 Å². The van der Waals surface area contributed by atoms with Crippen LogP contribution in [-0.4, -0.2) is 36.5 Å². The largest absolute Gasteiger partial charge is 0.341 e. The molecule has 2 fully saturated rings. The van der Waals surface area contributed by atoms with Crippen molar-refractivity contribution in [2.24, 2.45) is 17.8 Å². The topological polar surface area (TPSA) is 32.3 Å². The summed E-state index contributed by atoms with van der Waals surface area (Å²) in [6, 6.07) is 0.541. The molecular weight excluding hydrogens is 224 g/mol. The third-order valence-corrected chi connectivity index (χ3v) is 4.45. The molecule has 2 aliphatic rings. The minimum atomic E-state index is 0.373. The van der Waals surface area contributed by atoms with Crippen LogP contribution in [0.5, 0.6) is 0 Å². The lowest BCUT2D eigenvalue weighted by Gasteiger charge is -2.25. The second-order valence-electron chi connectivity index (χ2n) is 6.40. The molecule has 0 bridgehead atoms. The first-order valence-corrected chi connectivity index (χ1v) is 7.63. The molecule has 0 spiro atoms. The van der Waals surface area contributed by atoms with E-state index in [-0.39, 0.29) is 0 Å². The zero-order chi connectivity index (χ0) is 13.1. The minimum absolute atomic E-state index is 0.373. The number of carbonyl (C=O) groups is 1. The van der Waals surface area contributed by atoms with Gasteiger partial charge in [0.05, 0.1) is 0 Å². The summed E-state index contributed by atoms with van der Waals surface area (Å²) in [7, 11) is 0. The summed E-state index contributed by atoms with van der Waals surface area (Å²) in [6.45, 7) is 9.66. The van der Waals surface area contributed by atoms with Crippen molar-refractivity contribution in [3.05, 3.63) is 0 Å². The zero-order valence-electron chi connectivity index (χ0n) is 12.1. The molecule has 0 aromatic carbocycles. The first kappa shape index (κ1) is 13.9. The van der Waals surface area contributed by atoms with E-state index in [2.05, 4.69) is 31.0 Å². The molecule has 18 heavy (non-hydrogen) atoms. The summed E-state index contributed by atoms with van der Waals surface area (Å²) >= 11 is 0. The van der Waals surface area contributed by atoms with Crippen LogP contribution in [-0.2, 0) is 4.79 Å². The molecule has 2 rings (SSSR count). The van der Waals surface area contributed by atoms with Crippen LogP contribution >= 0.6 is 0 Å². The average molecular weight is 252 g/mol. The first-order chi connectivity index (χ1) is 8.61. The van der Waals surface area contributed by atoms with Gasteiger partial charge in [-0.25, -0.2) is 0 Å². The molecule has 3 nitrogen and oxygen atoms in total. The molecule has 1 aliphatic carbocycles. The maximum atomic E-state index is 12.0. The quantitative estimate of drug-likeness (QED) is 0.754. The van der Waals surface area contributed by atoms with Gasteiger partial charge in [0.25, 0.3) is 0 Å². The number of rotatable bonds is 7. The van der Waals surface area contributed by atoms with Crippen molar-refractivity contribution in [2.75, 3.05) is 19.6 Å². The molecule has 104 valence electrons. The Morgan fingerprint density at radius 2 is 2.06 bits per heavy atom. The van der Waals surface area contributed by atoms with Crippen LogP contribution < -0.4 is 5.32 Å². The van der Waals surface area contributed by atoms with Crippen molar-refractivity contribution in [3.63, 3.8) is 0 Å². The SMILES string of the molecule is CCCNC(CN1CC(C(C)C)CC1=O)C1CC1. The van der Waals surface area contributed by atoms with E-state index in [0.29, 0.717) is 23.8 Å². The van der Waals surface area contributed by atoms with Gasteiger partial charge in [-0.1, -0.05) is 20.8 Å². The predicted octanol–water partition coefficient (Wildman–Crippen LogP) is 2.27. The Morgan fingerprint density at radius 3 is 2.56 bits per heavy atom. The van der Waals surface area contributed by atoms with Gasteiger partial charge in [-0.3, -0.25) is 4.79 Å². The summed E-state index contributed by atoms with van der Waals surface area (Å²) in [5, 5.41) is 3.63. The number of nitrogens with zero attached hydrogens (tertiary/aromatic N) is 1. The highest BCUT2D eigenvalue weighted by Gasteiger charge is 2.37. The summed E-state index contributed by atoms with van der Waals surface area (Å²) in [5.41, 5.74) is 0. The molecule has 1 saturated carbocycles. The smallest absolute Gasteiger partial charge is 0.222 e. The molecule has 1 N–H and O–H groups in total. The van der Waals surface area contributed by atoms with E-state index in [4.69, 9.17) is 0 Å². The maximum absolute atomic E-state index is 12.0. The van der Waals surface area contributed by atoms with E-state index in [0.717, 1.165) is 32.0 Å². The molecule has 2 atom stereocenters. The Bertz CT molecular complexity index is 286. The molecule has 1 amide bonds. The van der Waals surface area contributed by atoms with Gasteiger partial charge in [-0.15, -0.1) is 0 Å². The van der Waals surface area contributed by atoms with E-state index in [9.17, 15) is 4.79 Å². The van der Waals surface area contributed by atoms with E-state index < -0.39 is 0 Å². The van der Waals surface area contributed by atoms with Crippen molar-refractivity contribution in [3.8, 4) is 0 Å². The van der Waals surface area contributed by atoms with Gasteiger partial charge in [0.15, 0.2) is 0 Å². The van der Waals surface area contributed by atoms with Crippen LogP contribution in [0, 0.1) is 17.8 Å². The highest BCUT2D eigenvalue weighted by molar-refractivity contribution is 5.78. The standard InChI is InChI=1S/C15H28N2O/c1-4-7-16-14(12-5-6-12)10-17-9-13(11(2)3)8-15(17)18/h11-14,16H,4-10H2,1-3H3. The van der Waals surface area contributed by atoms with Crippen LogP contribution in [0.4, 0.5) is 0 Å². The highest BCUT2D eigenvalue weighted by atomic mass is 16.2. The van der Waals surface area contributed by atoms with E-state index in [1.165, 1.54) is 19.3 Å². The number of nitrogens with one attached hydrogen (secondary N) is 1. The third kappa shape index (κ3) is 3.47. The number of carbonyl (C=O) groups excluding carboxylic acids is 1. The van der Waals surface area contributed by atoms with Crippen molar-refractivity contribution < 1.29 is 4.79 Å². The van der Waals surface area contributed by atoms with Gasteiger partial charge in [0, 0.05) is 25.6 Å². The zero-order valence-corrected chi connectivity index (χ0v) is 12.1. The van der Waals surface area contributed by atoms with Gasteiger partial charge < -0.3 is 10.2 Å². The molecule has 0 aromatic rings. The highest BCUT2D eigenvalue weighted by Crippen LogP contribution is 2.34. The molecule has 1 saturated heterocycles. The fraction of sp³-hybridized carbons (Fsp3) is 0.933. The molecule has 1 heterocycles. The fourth-order valence-electron chi connectivity index (χ4n) is 2.87. The monoisotopic (exact) mass is 252 g/mol. The van der Waals surface area contributed by atoms with Gasteiger partial charge in [-0.05, 0) is 43.6 Å². The Morgan fingerprint density at radius 1 is 1.33 bits per heavy atom. The van der Waals surface area contributed by atoms with Gasteiger partial charge in [0.2, 0.25) is 5.91 Å². The third-order valence-electron chi connectivity index (χ3n) is 4.45. The number of hydrogen-bond donors (Lipinski definition) is 1. The van der Waals surface area contributed by atoms with Crippen molar-refractivity contribution >= 4 is 5.91 Å². The lowest BCUT2D eigenvalue weighted by Crippen LogP contribution is -2.43. The molecule has 2 unspecified atom stereocenters. The van der Waals surface area contributed by atoms with Crippen LogP contribution in [0.2, 0.25) is 0 Å². The van der Waals surface area contributed by atoms with Crippen molar-refractivity contribution in [2.45, 2.75) is 52.5 Å². The second-order valence-corrected chi connectivity index (χ2v) is 6.40. The van der Waals surface area contributed by atoms with Crippen LogP contribution in [0.15, 0.2) is 0 Å². The number of likely N-dealkylation sites (tertiary alicyclic amines) is 1. The first-order valence-electron chi connectivity index (χ1n) is 7.63. The molecule has 3 heteroatoms. The van der Waals surface area contributed by atoms with Gasteiger partial charge in [-0.2, -0.15) is 0 Å². The number of hydrogen-bond acceptors (Lipinski definition) is 2. The Balaban J connectivity index is 1.85. The number of amides is 1. The predicted molar refractivity (Wildman–Crippen MR) is 74.3 cm³/mol. The molecule has 0 radical (unpaired) electrons. The summed E-state index contributed by atoms with van der Waals surface area (Å²) < 4.78 is 0. The fourth-order valence-corrected chi connectivity index (χ4v) is 2.87. The average Bonchev–Trinajstić information content (AvgIpc) is 3.10. The maximum Gasteiger partial charge on any atom is 0.222 e. The molecular formula is C15H28N2O. The van der Waals surface area contributed by atoms with E-state index in [1.807, 2.05) is 0 Å². The summed E-state index contributed by atoms with van der Waals surface area (Å²) in [4.78, 5) is 14.1. The Hall–Kier alpha value is -0.570. The summed E-state index contributed by atoms with van der Waals surface area (Å²) in [5.74, 6) is 2.39. The second kappa shape index (κ2) is 6.05. The Kier molecular flexibility index (Phi) is 4.66. The minimum Gasteiger partial charge on any atom is -0.341 e. The van der Waals surface area contributed by atoms with Crippen LogP contribution in [0.3, 0.4) is 0 Å². The van der Waals surface area contributed by atoms with Gasteiger partial charge >= 0.3 is 0 Å². The lowest BCUT2D eigenvalue weighted by atomic mass is 9.95. The Labute approximate surface area is 111 Å². The van der Waals surface area contributed by atoms with Crippen LogP contribution in [0.1, 0.15) is 46.5 Å². The van der Waals surface area contributed by atoms with Crippen LogP contribution in [0.25, 0.3) is 0 Å². The molecule has 0 aromatic heterocycles. The summed E-state index contributed by atoms with van der Waals surface area (Å²) in [6.07, 6.45) is 4.63. The van der Waals surface area contributed by atoms with E-state index in [1.54, 1.807) is 0 Å². The molecule has 1 aliphatic heterocycles. The van der Waals surface area contributed by atoms with Crippen molar-refractivity contribution in [1.82, 2.24) is 10.2 Å². The lowest BCUT2D eigenvalue weighted by molar-refractivity contribution is -0.128. The van der Waals surface area contributed by atoms with E-state index >= 15 is 0 Å².